The number of hydrogen-bond acceptors (Lipinski definition) is 6. The Bertz CT molecular complexity index is 832. The van der Waals surface area contributed by atoms with Crippen LogP contribution in [-0.4, -0.2) is 62.3 Å². The lowest BCUT2D eigenvalue weighted by molar-refractivity contribution is -0.370. The van der Waals surface area contributed by atoms with Gasteiger partial charge in [-0.25, -0.2) is 0 Å². The molecule has 206 valence electrons. The van der Waals surface area contributed by atoms with Gasteiger partial charge in [0.15, 0.2) is 5.72 Å². The van der Waals surface area contributed by atoms with Crippen LogP contribution in [0.25, 0.3) is 0 Å². The molecular formula is C30H52N2O4. The number of nitrogens with zero attached hydrogens (tertiary/aromatic N) is 2. The summed E-state index contributed by atoms with van der Waals surface area (Å²) in [5, 5.41) is 0. The molecule has 36 heavy (non-hydrogen) atoms. The predicted molar refractivity (Wildman–Crippen MR) is 142 cm³/mol. The molecule has 4 fully saturated rings. The number of esters is 2. The van der Waals surface area contributed by atoms with E-state index in [4.69, 9.17) is 9.47 Å². The second-order valence-electron chi connectivity index (χ2n) is 14.5. The summed E-state index contributed by atoms with van der Waals surface area (Å²) in [5.41, 5.74) is 0.247. The van der Waals surface area contributed by atoms with Gasteiger partial charge >= 0.3 is 11.9 Å². The van der Waals surface area contributed by atoms with E-state index in [-0.39, 0.29) is 51.8 Å². The van der Waals surface area contributed by atoms with Crippen molar-refractivity contribution < 1.29 is 19.1 Å². The average molecular weight is 505 g/mol. The van der Waals surface area contributed by atoms with Gasteiger partial charge in [-0.2, -0.15) is 0 Å². The molecule has 0 aromatic heterocycles. The van der Waals surface area contributed by atoms with Gasteiger partial charge in [-0.15, -0.1) is 0 Å². The van der Waals surface area contributed by atoms with Crippen molar-refractivity contribution in [1.29, 1.82) is 0 Å². The van der Waals surface area contributed by atoms with Crippen LogP contribution in [0.3, 0.4) is 0 Å². The Balaban J connectivity index is 1.07. The monoisotopic (exact) mass is 504 g/mol. The van der Waals surface area contributed by atoms with Crippen LogP contribution in [0.15, 0.2) is 0 Å². The van der Waals surface area contributed by atoms with Gasteiger partial charge in [0.2, 0.25) is 0 Å². The van der Waals surface area contributed by atoms with Crippen LogP contribution in [0.4, 0.5) is 0 Å². The summed E-state index contributed by atoms with van der Waals surface area (Å²) in [7, 11) is 0. The molecule has 6 nitrogen and oxygen atoms in total. The normalized spacial score (nSPS) is 33.2. The Morgan fingerprint density at radius 3 is 2.06 bits per heavy atom. The van der Waals surface area contributed by atoms with E-state index in [0.29, 0.717) is 6.42 Å². The molecule has 4 aliphatic rings. The first-order valence-corrected chi connectivity index (χ1v) is 14.6. The van der Waals surface area contributed by atoms with E-state index >= 15 is 0 Å². The summed E-state index contributed by atoms with van der Waals surface area (Å²) < 4.78 is 12.0. The molecule has 0 amide bonds. The number of piperidine rings is 2. The van der Waals surface area contributed by atoms with Crippen LogP contribution in [-0.2, 0) is 19.1 Å². The van der Waals surface area contributed by atoms with Crippen molar-refractivity contribution in [3.8, 4) is 0 Å². The van der Waals surface area contributed by atoms with Crippen molar-refractivity contribution in [1.82, 2.24) is 9.80 Å². The SMILES string of the molecule is CCC(CCCCCCCC(=O)OC12CC(C)(C)N1C(C)(C)C2)C(=O)OC1CC(C)(C)N2CC2(C)C1. The van der Waals surface area contributed by atoms with Crippen molar-refractivity contribution >= 4 is 11.9 Å². The van der Waals surface area contributed by atoms with Crippen molar-refractivity contribution in [3.63, 3.8) is 0 Å². The molecule has 0 aromatic carbocycles. The van der Waals surface area contributed by atoms with E-state index in [2.05, 4.69) is 65.2 Å². The molecule has 0 saturated carbocycles. The summed E-state index contributed by atoms with van der Waals surface area (Å²) in [5.74, 6) is -0.0341. The van der Waals surface area contributed by atoms with Gasteiger partial charge in [-0.1, -0.05) is 32.6 Å². The van der Waals surface area contributed by atoms with E-state index in [1.165, 1.54) is 0 Å². The molecule has 4 heterocycles. The number of carbonyl (C=O) groups excluding carboxylic acids is 2. The maximum atomic E-state index is 12.9. The zero-order valence-electron chi connectivity index (χ0n) is 24.4. The largest absolute Gasteiger partial charge is 0.462 e. The third-order valence-electron chi connectivity index (χ3n) is 9.55. The van der Waals surface area contributed by atoms with Crippen molar-refractivity contribution in [2.45, 2.75) is 166 Å². The van der Waals surface area contributed by atoms with Gasteiger partial charge in [0.05, 0.1) is 5.92 Å². The molecule has 0 aromatic rings. The smallest absolute Gasteiger partial charge is 0.309 e. The summed E-state index contributed by atoms with van der Waals surface area (Å²) in [6.07, 6.45) is 11.2. The zero-order chi connectivity index (χ0) is 26.6. The first-order valence-electron chi connectivity index (χ1n) is 14.6. The van der Waals surface area contributed by atoms with Crippen LogP contribution < -0.4 is 0 Å². The second kappa shape index (κ2) is 9.55. The number of fused-ring (bicyclic) bond motifs is 2. The lowest BCUT2D eigenvalue weighted by atomic mass is 9.61. The summed E-state index contributed by atoms with van der Waals surface area (Å²) >= 11 is 0. The first-order chi connectivity index (χ1) is 16.6. The molecule has 4 unspecified atom stereocenters. The van der Waals surface area contributed by atoms with E-state index < -0.39 is 0 Å². The number of ether oxygens (including phenoxy) is 2. The van der Waals surface area contributed by atoms with Gasteiger partial charge in [0.25, 0.3) is 0 Å². The average Bonchev–Trinajstić information content (AvgIpc) is 3.39. The summed E-state index contributed by atoms with van der Waals surface area (Å²) in [6, 6.07) is 0. The molecule has 0 aliphatic carbocycles. The molecule has 6 heteroatoms. The minimum atomic E-state index is -0.336. The summed E-state index contributed by atoms with van der Waals surface area (Å²) in [6.45, 7) is 19.0. The van der Waals surface area contributed by atoms with E-state index in [9.17, 15) is 9.59 Å². The fourth-order valence-corrected chi connectivity index (χ4v) is 8.53. The van der Waals surface area contributed by atoms with E-state index in [1.807, 2.05) is 0 Å². The first kappa shape index (κ1) is 27.9. The highest BCUT2D eigenvalue weighted by molar-refractivity contribution is 5.72. The standard InChI is InChI=1S/C30H52N2O4/c1-9-22(25(34)35-23-17-26(2,3)31-21-29(31,8)18-23)15-13-11-10-12-14-16-24(33)36-30-19-27(4,5)32(30)28(6,7)20-30/h22-23H,9-21H2,1-8H3. The maximum Gasteiger partial charge on any atom is 0.309 e. The molecule has 4 rings (SSSR count). The Morgan fingerprint density at radius 2 is 1.47 bits per heavy atom. The van der Waals surface area contributed by atoms with Gasteiger partial charge in [0.1, 0.15) is 6.10 Å². The molecular weight excluding hydrogens is 452 g/mol. The van der Waals surface area contributed by atoms with Crippen LogP contribution in [0.2, 0.25) is 0 Å². The van der Waals surface area contributed by atoms with Gasteiger partial charge in [0, 0.05) is 60.8 Å². The fourth-order valence-electron chi connectivity index (χ4n) is 8.53. The Morgan fingerprint density at radius 1 is 0.861 bits per heavy atom. The molecule has 0 radical (unpaired) electrons. The minimum absolute atomic E-state index is 0.00510. The highest BCUT2D eigenvalue weighted by atomic mass is 16.6. The molecule has 0 spiro atoms. The number of unbranched alkanes of at least 4 members (excludes halogenated alkanes) is 4. The maximum absolute atomic E-state index is 12.9. The topological polar surface area (TPSA) is 58.9 Å². The molecule has 0 N–H and O–H groups in total. The highest BCUT2D eigenvalue weighted by Gasteiger charge is 2.72. The van der Waals surface area contributed by atoms with Crippen molar-refractivity contribution in [2.75, 3.05) is 6.54 Å². The lowest BCUT2D eigenvalue weighted by Gasteiger charge is -2.76. The number of carbonyl (C=O) groups is 2. The van der Waals surface area contributed by atoms with Gasteiger partial charge in [-0.3, -0.25) is 19.4 Å². The molecule has 4 saturated heterocycles. The van der Waals surface area contributed by atoms with Crippen molar-refractivity contribution in [2.24, 2.45) is 5.92 Å². The molecule has 4 atom stereocenters. The minimum Gasteiger partial charge on any atom is -0.462 e. The van der Waals surface area contributed by atoms with Gasteiger partial charge < -0.3 is 9.47 Å². The molecule has 0 bridgehead atoms. The van der Waals surface area contributed by atoms with Crippen LogP contribution in [0.5, 0.6) is 0 Å². The third kappa shape index (κ3) is 5.36. The van der Waals surface area contributed by atoms with E-state index in [1.54, 1.807) is 0 Å². The molecule has 4 aliphatic heterocycles. The van der Waals surface area contributed by atoms with Crippen molar-refractivity contribution in [3.05, 3.63) is 0 Å². The Labute approximate surface area is 219 Å². The quantitative estimate of drug-likeness (QED) is 0.179. The van der Waals surface area contributed by atoms with Crippen LogP contribution >= 0.6 is 0 Å². The lowest BCUT2D eigenvalue weighted by Crippen LogP contribution is -2.87. The Kier molecular flexibility index (Phi) is 7.40. The highest BCUT2D eigenvalue weighted by Crippen LogP contribution is 2.62. The fraction of sp³-hybridized carbons (Fsp3) is 0.933. The number of hydrogen-bond donors (Lipinski definition) is 0. The zero-order valence-corrected chi connectivity index (χ0v) is 24.4. The third-order valence-corrected chi connectivity index (χ3v) is 9.55. The summed E-state index contributed by atoms with van der Waals surface area (Å²) in [4.78, 5) is 30.3. The number of rotatable bonds is 12. The van der Waals surface area contributed by atoms with Crippen LogP contribution in [0.1, 0.15) is 132 Å². The van der Waals surface area contributed by atoms with E-state index in [0.717, 1.165) is 77.2 Å². The van der Waals surface area contributed by atoms with Crippen LogP contribution in [0, 0.1) is 5.92 Å². The second-order valence-corrected chi connectivity index (χ2v) is 14.5. The predicted octanol–water partition coefficient (Wildman–Crippen LogP) is 6.21. The Hall–Kier alpha value is -1.14. The van der Waals surface area contributed by atoms with Gasteiger partial charge in [-0.05, 0) is 67.7 Å².